The maximum Gasteiger partial charge on any atom is 0.249 e. The maximum absolute atomic E-state index is 12.5. The number of carbonyl (C=O) groups is 2. The van der Waals surface area contributed by atoms with Gasteiger partial charge in [-0.1, -0.05) is 13.8 Å². The number of piperazine rings is 1. The van der Waals surface area contributed by atoms with Gasteiger partial charge in [0.15, 0.2) is 0 Å². The molecule has 0 aliphatic carbocycles. The third kappa shape index (κ3) is 2.76. The number of carbonyl (C=O) groups excluding carboxylic acids is 2. The van der Waals surface area contributed by atoms with Crippen LogP contribution in [0.2, 0.25) is 0 Å². The van der Waals surface area contributed by atoms with Gasteiger partial charge in [0, 0.05) is 11.8 Å². The molecule has 5 heteroatoms. The quantitative estimate of drug-likeness (QED) is 0.807. The second-order valence-corrected chi connectivity index (χ2v) is 5.49. The molecule has 1 atom stereocenters. The van der Waals surface area contributed by atoms with Gasteiger partial charge in [-0.2, -0.15) is 11.8 Å². The van der Waals surface area contributed by atoms with Crippen LogP contribution in [-0.4, -0.2) is 46.8 Å². The zero-order chi connectivity index (χ0) is 13.1. The first-order chi connectivity index (χ1) is 8.00. The van der Waals surface area contributed by atoms with Crippen LogP contribution in [0.15, 0.2) is 0 Å². The standard InChI is InChI=1S/C12H22N2O2S/c1-5-12(6-2)11(16)14(7-10(15)13-12)9(3)8-17-4/h9H,5-8H2,1-4H3,(H,13,15). The van der Waals surface area contributed by atoms with Crippen molar-refractivity contribution in [2.45, 2.75) is 45.2 Å². The lowest BCUT2D eigenvalue weighted by Gasteiger charge is -2.43. The Morgan fingerprint density at radius 3 is 2.47 bits per heavy atom. The van der Waals surface area contributed by atoms with Crippen LogP contribution in [0, 0.1) is 0 Å². The fraction of sp³-hybridized carbons (Fsp3) is 0.833. The van der Waals surface area contributed by atoms with Crippen molar-refractivity contribution in [3.63, 3.8) is 0 Å². The van der Waals surface area contributed by atoms with Crippen LogP contribution in [0.5, 0.6) is 0 Å². The molecule has 0 aromatic heterocycles. The second kappa shape index (κ2) is 5.76. The van der Waals surface area contributed by atoms with Crippen molar-refractivity contribution in [1.29, 1.82) is 0 Å². The van der Waals surface area contributed by atoms with Crippen molar-refractivity contribution < 1.29 is 9.59 Å². The topological polar surface area (TPSA) is 49.4 Å². The Morgan fingerprint density at radius 2 is 2.00 bits per heavy atom. The Morgan fingerprint density at radius 1 is 1.41 bits per heavy atom. The molecule has 0 aromatic carbocycles. The molecule has 0 bridgehead atoms. The summed E-state index contributed by atoms with van der Waals surface area (Å²) in [7, 11) is 0. The molecule has 1 rings (SSSR count). The van der Waals surface area contributed by atoms with Crippen LogP contribution in [0.3, 0.4) is 0 Å². The van der Waals surface area contributed by atoms with Gasteiger partial charge in [0.05, 0.1) is 6.54 Å². The minimum Gasteiger partial charge on any atom is -0.340 e. The van der Waals surface area contributed by atoms with Gasteiger partial charge in [0.25, 0.3) is 0 Å². The van der Waals surface area contributed by atoms with Gasteiger partial charge in [0.1, 0.15) is 5.54 Å². The highest BCUT2D eigenvalue weighted by Crippen LogP contribution is 2.24. The van der Waals surface area contributed by atoms with E-state index in [9.17, 15) is 9.59 Å². The molecular weight excluding hydrogens is 236 g/mol. The Bertz CT molecular complexity index is 303. The average Bonchev–Trinajstić information content (AvgIpc) is 2.32. The van der Waals surface area contributed by atoms with Crippen molar-refractivity contribution in [2.24, 2.45) is 0 Å². The smallest absolute Gasteiger partial charge is 0.249 e. The van der Waals surface area contributed by atoms with E-state index in [4.69, 9.17) is 0 Å². The lowest BCUT2D eigenvalue weighted by Crippen LogP contribution is -2.67. The first-order valence-corrected chi connectivity index (χ1v) is 7.51. The van der Waals surface area contributed by atoms with Crippen molar-refractivity contribution in [1.82, 2.24) is 10.2 Å². The van der Waals surface area contributed by atoms with Crippen molar-refractivity contribution in [3.8, 4) is 0 Å². The Hall–Kier alpha value is -0.710. The average molecular weight is 258 g/mol. The zero-order valence-electron chi connectivity index (χ0n) is 11.1. The fourth-order valence-corrected chi connectivity index (χ4v) is 2.94. The molecule has 1 unspecified atom stereocenters. The maximum atomic E-state index is 12.5. The summed E-state index contributed by atoms with van der Waals surface area (Å²) in [6.45, 7) is 6.10. The normalized spacial score (nSPS) is 21.3. The predicted molar refractivity (Wildman–Crippen MR) is 71.0 cm³/mol. The van der Waals surface area contributed by atoms with E-state index in [1.807, 2.05) is 27.0 Å². The van der Waals surface area contributed by atoms with E-state index < -0.39 is 5.54 Å². The SMILES string of the molecule is CCC1(CC)NC(=O)CN(C(C)CSC)C1=O. The highest BCUT2D eigenvalue weighted by Gasteiger charge is 2.45. The molecule has 17 heavy (non-hydrogen) atoms. The largest absolute Gasteiger partial charge is 0.340 e. The Labute approximate surface area is 108 Å². The Balaban J connectivity index is 2.92. The predicted octanol–water partition coefficient (Wildman–Crippen LogP) is 1.26. The number of nitrogens with zero attached hydrogens (tertiary/aromatic N) is 1. The van der Waals surface area contributed by atoms with E-state index in [0.29, 0.717) is 12.8 Å². The van der Waals surface area contributed by atoms with Crippen LogP contribution >= 0.6 is 11.8 Å². The number of amides is 2. The molecule has 98 valence electrons. The second-order valence-electron chi connectivity index (χ2n) is 4.57. The molecule has 0 aromatic rings. The molecule has 1 fully saturated rings. The minimum absolute atomic E-state index is 0.0405. The van der Waals surface area contributed by atoms with Gasteiger partial charge in [-0.05, 0) is 26.0 Å². The summed E-state index contributed by atoms with van der Waals surface area (Å²) >= 11 is 1.70. The molecule has 1 aliphatic rings. The summed E-state index contributed by atoms with van der Waals surface area (Å²) in [6.07, 6.45) is 3.31. The summed E-state index contributed by atoms with van der Waals surface area (Å²) in [5, 5.41) is 2.87. The number of hydrogen-bond donors (Lipinski definition) is 1. The van der Waals surface area contributed by atoms with Crippen LogP contribution in [0.25, 0.3) is 0 Å². The van der Waals surface area contributed by atoms with Crippen LogP contribution in [0.4, 0.5) is 0 Å². The molecule has 1 saturated heterocycles. The van der Waals surface area contributed by atoms with Crippen LogP contribution in [-0.2, 0) is 9.59 Å². The monoisotopic (exact) mass is 258 g/mol. The highest BCUT2D eigenvalue weighted by molar-refractivity contribution is 7.98. The minimum atomic E-state index is -0.679. The summed E-state index contributed by atoms with van der Waals surface area (Å²) in [6, 6.07) is 0.112. The number of hydrogen-bond acceptors (Lipinski definition) is 3. The van der Waals surface area contributed by atoms with Gasteiger partial charge >= 0.3 is 0 Å². The van der Waals surface area contributed by atoms with E-state index in [1.54, 1.807) is 16.7 Å². The number of nitrogens with one attached hydrogen (secondary N) is 1. The molecule has 0 saturated carbocycles. The number of thioether (sulfide) groups is 1. The molecule has 1 heterocycles. The van der Waals surface area contributed by atoms with E-state index in [1.165, 1.54) is 0 Å². The van der Waals surface area contributed by atoms with Gasteiger partial charge in [-0.15, -0.1) is 0 Å². The summed E-state index contributed by atoms with van der Waals surface area (Å²) in [4.78, 5) is 25.9. The Kier molecular flexibility index (Phi) is 4.86. The summed E-state index contributed by atoms with van der Waals surface area (Å²) < 4.78 is 0. The molecule has 2 amide bonds. The lowest BCUT2D eigenvalue weighted by molar-refractivity contribution is -0.152. The van der Waals surface area contributed by atoms with Gasteiger partial charge in [-0.25, -0.2) is 0 Å². The molecule has 0 spiro atoms. The van der Waals surface area contributed by atoms with Gasteiger partial charge < -0.3 is 10.2 Å². The van der Waals surface area contributed by atoms with E-state index in [-0.39, 0.29) is 24.4 Å². The van der Waals surface area contributed by atoms with Crippen LogP contribution in [0.1, 0.15) is 33.6 Å². The van der Waals surface area contributed by atoms with E-state index in [0.717, 1.165) is 5.75 Å². The molecule has 0 radical (unpaired) electrons. The highest BCUT2D eigenvalue weighted by atomic mass is 32.2. The van der Waals surface area contributed by atoms with Gasteiger partial charge in [-0.3, -0.25) is 9.59 Å². The first kappa shape index (κ1) is 14.4. The van der Waals surface area contributed by atoms with E-state index in [2.05, 4.69) is 5.32 Å². The lowest BCUT2D eigenvalue weighted by atomic mass is 9.88. The first-order valence-electron chi connectivity index (χ1n) is 6.11. The summed E-state index contributed by atoms with van der Waals surface area (Å²) in [5.41, 5.74) is -0.679. The third-order valence-corrected chi connectivity index (χ3v) is 4.33. The van der Waals surface area contributed by atoms with Crippen molar-refractivity contribution in [3.05, 3.63) is 0 Å². The fourth-order valence-electron chi connectivity index (χ4n) is 2.28. The molecule has 1 N–H and O–H groups in total. The van der Waals surface area contributed by atoms with Crippen molar-refractivity contribution >= 4 is 23.6 Å². The van der Waals surface area contributed by atoms with E-state index >= 15 is 0 Å². The molecular formula is C12H22N2O2S. The van der Waals surface area contributed by atoms with Crippen LogP contribution < -0.4 is 5.32 Å². The van der Waals surface area contributed by atoms with Gasteiger partial charge in [0.2, 0.25) is 11.8 Å². The summed E-state index contributed by atoms with van der Waals surface area (Å²) in [5.74, 6) is 0.896. The molecule has 1 aliphatic heterocycles. The zero-order valence-corrected chi connectivity index (χ0v) is 11.9. The molecule has 4 nitrogen and oxygen atoms in total. The van der Waals surface area contributed by atoms with Crippen molar-refractivity contribution in [2.75, 3.05) is 18.6 Å². The number of rotatable bonds is 5. The third-order valence-electron chi connectivity index (χ3n) is 3.51.